The van der Waals surface area contributed by atoms with E-state index in [0.29, 0.717) is 23.5 Å². The Hall–Kier alpha value is -2.11. The molecule has 0 bridgehead atoms. The highest BCUT2D eigenvalue weighted by Gasteiger charge is 2.25. The first-order valence-corrected chi connectivity index (χ1v) is 9.17. The first kappa shape index (κ1) is 19.2. The average molecular weight is 339 g/mol. The Kier molecular flexibility index (Phi) is 6.39. The molecular formula is C20H29N5. The molecular weight excluding hydrogens is 310 g/mol. The third kappa shape index (κ3) is 4.94. The maximum absolute atomic E-state index is 9.64. The fourth-order valence-electron chi connectivity index (χ4n) is 3.43. The van der Waals surface area contributed by atoms with Crippen LogP contribution < -0.4 is 10.2 Å². The molecule has 0 radical (unpaired) electrons. The fourth-order valence-corrected chi connectivity index (χ4v) is 3.43. The predicted molar refractivity (Wildman–Crippen MR) is 100 cm³/mol. The van der Waals surface area contributed by atoms with Crippen molar-refractivity contribution in [2.45, 2.75) is 47.0 Å². The van der Waals surface area contributed by atoms with E-state index in [-0.39, 0.29) is 5.41 Å². The second-order valence-corrected chi connectivity index (χ2v) is 8.07. The number of nitrogens with zero attached hydrogens (tertiary/aromatic N) is 4. The highest BCUT2D eigenvalue weighted by atomic mass is 15.2. The molecule has 1 saturated heterocycles. The van der Waals surface area contributed by atoms with E-state index in [9.17, 15) is 10.5 Å². The Morgan fingerprint density at radius 2 is 2.08 bits per heavy atom. The standard InChI is InChI=1S/C20H29N5/c1-5-17-16(9-21)12-24-19(18(17)10-22)25-8-6-7-15(13-25)11-23-14-20(2,3)4/h12,15,23H,5-8,11,13-14H2,1-4H3/t15-/m1/s1. The summed E-state index contributed by atoms with van der Waals surface area (Å²) >= 11 is 0. The lowest BCUT2D eigenvalue weighted by Crippen LogP contribution is -2.41. The Labute approximate surface area is 151 Å². The van der Waals surface area contributed by atoms with Crippen LogP contribution in [0.1, 0.15) is 57.2 Å². The molecule has 1 aliphatic heterocycles. The van der Waals surface area contributed by atoms with Gasteiger partial charge in [0.05, 0.1) is 11.1 Å². The molecule has 134 valence electrons. The van der Waals surface area contributed by atoms with Gasteiger partial charge in [-0.1, -0.05) is 27.7 Å². The Bertz CT molecular complexity index is 675. The van der Waals surface area contributed by atoms with Gasteiger partial charge in [-0.15, -0.1) is 0 Å². The summed E-state index contributed by atoms with van der Waals surface area (Å²) in [5, 5.41) is 22.5. The maximum Gasteiger partial charge on any atom is 0.146 e. The van der Waals surface area contributed by atoms with E-state index in [1.807, 2.05) is 6.92 Å². The monoisotopic (exact) mass is 339 g/mol. The number of aromatic nitrogens is 1. The summed E-state index contributed by atoms with van der Waals surface area (Å²) in [6, 6.07) is 4.45. The highest BCUT2D eigenvalue weighted by Crippen LogP contribution is 2.28. The van der Waals surface area contributed by atoms with Crippen molar-refractivity contribution < 1.29 is 0 Å². The molecule has 0 unspecified atom stereocenters. The van der Waals surface area contributed by atoms with Crippen LogP contribution in [0.15, 0.2) is 6.20 Å². The van der Waals surface area contributed by atoms with Crippen LogP contribution in [-0.2, 0) is 6.42 Å². The zero-order chi connectivity index (χ0) is 18.4. The van der Waals surface area contributed by atoms with Crippen LogP contribution in [0.4, 0.5) is 5.82 Å². The van der Waals surface area contributed by atoms with Crippen molar-refractivity contribution >= 4 is 5.82 Å². The molecule has 0 amide bonds. The first-order valence-electron chi connectivity index (χ1n) is 9.17. The van der Waals surface area contributed by atoms with Gasteiger partial charge in [-0.05, 0) is 42.7 Å². The molecule has 1 aliphatic rings. The normalized spacial score (nSPS) is 17.8. The second-order valence-electron chi connectivity index (χ2n) is 8.07. The minimum absolute atomic E-state index is 0.285. The van der Waals surface area contributed by atoms with E-state index >= 15 is 0 Å². The molecule has 0 aliphatic carbocycles. The van der Waals surface area contributed by atoms with Gasteiger partial charge in [-0.3, -0.25) is 0 Å². The second kappa shape index (κ2) is 8.32. The van der Waals surface area contributed by atoms with E-state index in [2.05, 4.69) is 48.1 Å². The number of rotatable bonds is 5. The molecule has 0 saturated carbocycles. The zero-order valence-corrected chi connectivity index (χ0v) is 15.9. The largest absolute Gasteiger partial charge is 0.355 e. The fraction of sp³-hybridized carbons (Fsp3) is 0.650. The van der Waals surface area contributed by atoms with Crippen molar-refractivity contribution in [1.29, 1.82) is 10.5 Å². The molecule has 1 fully saturated rings. The van der Waals surface area contributed by atoms with Crippen molar-refractivity contribution in [3.8, 4) is 12.1 Å². The predicted octanol–water partition coefficient (Wildman–Crippen LogP) is 3.24. The molecule has 1 aromatic heterocycles. The van der Waals surface area contributed by atoms with E-state index in [0.717, 1.165) is 44.0 Å². The first-order chi connectivity index (χ1) is 11.9. The molecule has 1 N–H and O–H groups in total. The molecule has 2 rings (SSSR count). The zero-order valence-electron chi connectivity index (χ0n) is 15.9. The number of nitriles is 2. The molecule has 0 spiro atoms. The molecule has 5 nitrogen and oxygen atoms in total. The van der Waals surface area contributed by atoms with Crippen LogP contribution >= 0.6 is 0 Å². The van der Waals surface area contributed by atoms with Crippen LogP contribution in [0.25, 0.3) is 0 Å². The van der Waals surface area contributed by atoms with Crippen LogP contribution in [0.3, 0.4) is 0 Å². The van der Waals surface area contributed by atoms with Crippen LogP contribution in [0.5, 0.6) is 0 Å². The summed E-state index contributed by atoms with van der Waals surface area (Å²) in [6.45, 7) is 12.5. The lowest BCUT2D eigenvalue weighted by atomic mass is 9.94. The van der Waals surface area contributed by atoms with Crippen molar-refractivity contribution in [1.82, 2.24) is 10.3 Å². The molecule has 5 heteroatoms. The number of nitrogens with one attached hydrogen (secondary N) is 1. The van der Waals surface area contributed by atoms with Gasteiger partial charge in [-0.2, -0.15) is 10.5 Å². The number of pyridine rings is 1. The highest BCUT2D eigenvalue weighted by molar-refractivity contribution is 5.61. The van der Waals surface area contributed by atoms with Crippen molar-refractivity contribution in [3.05, 3.63) is 22.9 Å². The van der Waals surface area contributed by atoms with Crippen LogP contribution in [0, 0.1) is 34.0 Å². The summed E-state index contributed by atoms with van der Waals surface area (Å²) in [5.41, 5.74) is 2.20. The molecule has 2 heterocycles. The Morgan fingerprint density at radius 1 is 1.32 bits per heavy atom. The molecule has 25 heavy (non-hydrogen) atoms. The maximum atomic E-state index is 9.64. The Balaban J connectivity index is 2.14. The van der Waals surface area contributed by atoms with Crippen molar-refractivity contribution in [2.24, 2.45) is 11.3 Å². The smallest absolute Gasteiger partial charge is 0.146 e. The average Bonchev–Trinajstić information content (AvgIpc) is 2.59. The van der Waals surface area contributed by atoms with Crippen LogP contribution in [0.2, 0.25) is 0 Å². The van der Waals surface area contributed by atoms with Gasteiger partial charge in [-0.25, -0.2) is 4.98 Å². The Morgan fingerprint density at radius 3 is 2.68 bits per heavy atom. The topological polar surface area (TPSA) is 75.7 Å². The van der Waals surface area contributed by atoms with Gasteiger partial charge in [0.15, 0.2) is 0 Å². The molecule has 0 aromatic carbocycles. The minimum Gasteiger partial charge on any atom is -0.355 e. The minimum atomic E-state index is 0.285. The molecule has 1 atom stereocenters. The lowest BCUT2D eigenvalue weighted by Gasteiger charge is -2.35. The van der Waals surface area contributed by atoms with Crippen molar-refractivity contribution in [2.75, 3.05) is 31.1 Å². The summed E-state index contributed by atoms with van der Waals surface area (Å²) < 4.78 is 0. The lowest BCUT2D eigenvalue weighted by molar-refractivity contribution is 0.336. The van der Waals surface area contributed by atoms with E-state index in [1.165, 1.54) is 6.42 Å². The summed E-state index contributed by atoms with van der Waals surface area (Å²) in [4.78, 5) is 6.70. The number of anilines is 1. The summed E-state index contributed by atoms with van der Waals surface area (Å²) in [7, 11) is 0. The van der Waals surface area contributed by atoms with Gasteiger partial charge >= 0.3 is 0 Å². The quantitative estimate of drug-likeness (QED) is 0.891. The summed E-state index contributed by atoms with van der Waals surface area (Å²) in [5.74, 6) is 1.31. The van der Waals surface area contributed by atoms with Gasteiger partial charge in [0, 0.05) is 25.8 Å². The van der Waals surface area contributed by atoms with Crippen LogP contribution in [-0.4, -0.2) is 31.2 Å². The molecule has 1 aromatic rings. The van der Waals surface area contributed by atoms with Crippen molar-refractivity contribution in [3.63, 3.8) is 0 Å². The van der Waals surface area contributed by atoms with E-state index < -0.39 is 0 Å². The number of piperidine rings is 1. The summed E-state index contributed by atoms with van der Waals surface area (Å²) in [6.07, 6.45) is 4.60. The SMILES string of the molecule is CCc1c(C#N)cnc(N2CCC[C@H](CNCC(C)(C)C)C2)c1C#N. The van der Waals surface area contributed by atoms with Gasteiger partial charge in [0.2, 0.25) is 0 Å². The number of hydrogen-bond acceptors (Lipinski definition) is 5. The van der Waals surface area contributed by atoms with Gasteiger partial charge < -0.3 is 10.2 Å². The van der Waals surface area contributed by atoms with Gasteiger partial charge in [0.25, 0.3) is 0 Å². The third-order valence-corrected chi connectivity index (χ3v) is 4.66. The van der Waals surface area contributed by atoms with E-state index in [1.54, 1.807) is 6.20 Å². The number of hydrogen-bond donors (Lipinski definition) is 1. The van der Waals surface area contributed by atoms with E-state index in [4.69, 9.17) is 0 Å². The third-order valence-electron chi connectivity index (χ3n) is 4.66. The van der Waals surface area contributed by atoms with Gasteiger partial charge in [0.1, 0.15) is 18.0 Å².